The van der Waals surface area contributed by atoms with E-state index in [2.05, 4.69) is 20.8 Å². The number of hydrogen-bond donors (Lipinski definition) is 1. The van der Waals surface area contributed by atoms with Crippen molar-refractivity contribution in [3.8, 4) is 0 Å². The van der Waals surface area contributed by atoms with Crippen LogP contribution in [0.15, 0.2) is 48.5 Å². The molecule has 3 nitrogen and oxygen atoms in total. The number of benzene rings is 2. The highest BCUT2D eigenvalue weighted by molar-refractivity contribution is 5.75. The van der Waals surface area contributed by atoms with Crippen LogP contribution in [0, 0.1) is 11.3 Å². The summed E-state index contributed by atoms with van der Waals surface area (Å²) >= 11 is 0. The van der Waals surface area contributed by atoms with E-state index < -0.39 is 23.3 Å². The maximum absolute atomic E-state index is 13.2. The van der Waals surface area contributed by atoms with Gasteiger partial charge >= 0.3 is 12.2 Å². The van der Waals surface area contributed by atoms with E-state index in [1.807, 2.05) is 31.2 Å². The zero-order valence-corrected chi connectivity index (χ0v) is 17.2. The average molecular weight is 404 g/mol. The molecule has 29 heavy (non-hydrogen) atoms. The number of alkyl halides is 3. The van der Waals surface area contributed by atoms with Crippen molar-refractivity contribution in [1.82, 2.24) is 4.90 Å². The molecule has 0 spiro atoms. The van der Waals surface area contributed by atoms with E-state index in [1.54, 1.807) is 4.90 Å². The molecule has 0 aromatic heterocycles. The molecule has 0 saturated carbocycles. The van der Waals surface area contributed by atoms with Gasteiger partial charge in [-0.05, 0) is 46.6 Å². The molecule has 6 heteroatoms. The first-order valence-electron chi connectivity index (χ1n) is 9.73. The SMILES string of the molecule is C[C@@H](C(C)(C)C)C1(c2ccc(C(F)(F)F)cc2)c2ccccc2CCN1C(N)=O. The molecule has 0 saturated heterocycles. The highest BCUT2D eigenvalue weighted by atomic mass is 19.4. The zero-order valence-electron chi connectivity index (χ0n) is 17.2. The lowest BCUT2D eigenvalue weighted by Gasteiger charge is -2.55. The molecular weight excluding hydrogens is 377 g/mol. The minimum Gasteiger partial charge on any atom is -0.351 e. The number of rotatable bonds is 2. The molecule has 1 aliphatic heterocycles. The van der Waals surface area contributed by atoms with Crippen LogP contribution >= 0.6 is 0 Å². The van der Waals surface area contributed by atoms with Gasteiger partial charge in [-0.3, -0.25) is 0 Å². The first-order valence-corrected chi connectivity index (χ1v) is 9.73. The lowest BCUT2D eigenvalue weighted by Crippen LogP contribution is -2.61. The molecule has 0 radical (unpaired) electrons. The average Bonchev–Trinajstić information content (AvgIpc) is 2.65. The number of hydrogen-bond acceptors (Lipinski definition) is 1. The van der Waals surface area contributed by atoms with Crippen molar-refractivity contribution in [2.75, 3.05) is 6.54 Å². The Bertz CT molecular complexity index is 900. The fourth-order valence-corrected chi connectivity index (χ4v) is 4.52. The summed E-state index contributed by atoms with van der Waals surface area (Å²) in [5.41, 5.74) is 6.55. The highest BCUT2D eigenvalue weighted by Crippen LogP contribution is 2.52. The first-order chi connectivity index (χ1) is 13.4. The molecule has 1 aliphatic rings. The van der Waals surface area contributed by atoms with Crippen LogP contribution in [-0.4, -0.2) is 17.5 Å². The van der Waals surface area contributed by atoms with Crippen molar-refractivity contribution < 1.29 is 18.0 Å². The van der Waals surface area contributed by atoms with E-state index in [1.165, 1.54) is 12.1 Å². The maximum atomic E-state index is 13.2. The summed E-state index contributed by atoms with van der Waals surface area (Å²) in [6, 6.07) is 12.4. The Morgan fingerprint density at radius 1 is 1.07 bits per heavy atom. The number of carbonyl (C=O) groups excluding carboxylic acids is 1. The van der Waals surface area contributed by atoms with Gasteiger partial charge in [-0.2, -0.15) is 13.2 Å². The molecule has 156 valence electrons. The second kappa shape index (κ2) is 7.08. The van der Waals surface area contributed by atoms with Crippen molar-refractivity contribution in [3.05, 3.63) is 70.8 Å². The highest BCUT2D eigenvalue weighted by Gasteiger charge is 2.53. The van der Waals surface area contributed by atoms with Gasteiger partial charge in [-0.1, -0.05) is 64.1 Å². The molecule has 2 aromatic carbocycles. The van der Waals surface area contributed by atoms with Crippen molar-refractivity contribution in [3.63, 3.8) is 0 Å². The molecule has 2 amide bonds. The summed E-state index contributed by atoms with van der Waals surface area (Å²) in [6.45, 7) is 8.66. The number of halogens is 3. The Morgan fingerprint density at radius 2 is 1.66 bits per heavy atom. The van der Waals surface area contributed by atoms with Crippen LogP contribution in [-0.2, 0) is 18.1 Å². The number of primary amides is 1. The molecule has 2 aromatic rings. The van der Waals surface area contributed by atoms with Gasteiger partial charge in [0.1, 0.15) is 0 Å². The van der Waals surface area contributed by atoms with Crippen LogP contribution in [0.25, 0.3) is 0 Å². The van der Waals surface area contributed by atoms with Gasteiger partial charge in [0.2, 0.25) is 0 Å². The second-order valence-electron chi connectivity index (χ2n) is 8.83. The van der Waals surface area contributed by atoms with Gasteiger partial charge in [0.15, 0.2) is 0 Å². The second-order valence-corrected chi connectivity index (χ2v) is 8.83. The van der Waals surface area contributed by atoms with Gasteiger partial charge in [0.05, 0.1) is 11.1 Å². The fourth-order valence-electron chi connectivity index (χ4n) is 4.52. The van der Waals surface area contributed by atoms with Gasteiger partial charge in [-0.25, -0.2) is 4.79 Å². The predicted octanol–water partition coefficient (Wildman–Crippen LogP) is 5.57. The molecule has 2 atom stereocenters. The standard InChI is InChI=1S/C23H27F3N2O/c1-15(21(2,3)4)22(17-9-11-18(12-10-17)23(24,25)26)19-8-6-5-7-16(19)13-14-28(22)20(27)29/h5-12,15H,13-14H2,1-4H3,(H2,27,29)/t15-,22?/m0/s1. The van der Waals surface area contributed by atoms with Crippen LogP contribution < -0.4 is 5.73 Å². The van der Waals surface area contributed by atoms with Crippen LogP contribution in [0.5, 0.6) is 0 Å². The molecule has 0 aliphatic carbocycles. The molecule has 1 heterocycles. The summed E-state index contributed by atoms with van der Waals surface area (Å²) in [5.74, 6) is -0.124. The third-order valence-corrected chi connectivity index (χ3v) is 6.30. The Kier molecular flexibility index (Phi) is 5.18. The third-order valence-electron chi connectivity index (χ3n) is 6.30. The van der Waals surface area contributed by atoms with Crippen LogP contribution in [0.4, 0.5) is 18.0 Å². The quantitative estimate of drug-likeness (QED) is 0.699. The number of fused-ring (bicyclic) bond motifs is 1. The number of carbonyl (C=O) groups is 1. The third kappa shape index (κ3) is 3.49. The van der Waals surface area contributed by atoms with Crippen molar-refractivity contribution in [2.24, 2.45) is 17.1 Å². The van der Waals surface area contributed by atoms with E-state index in [-0.39, 0.29) is 11.3 Å². The van der Waals surface area contributed by atoms with Crippen LogP contribution in [0.2, 0.25) is 0 Å². The Balaban J connectivity index is 2.35. The predicted molar refractivity (Wildman–Crippen MR) is 107 cm³/mol. The fraction of sp³-hybridized carbons (Fsp3) is 0.435. The largest absolute Gasteiger partial charge is 0.416 e. The van der Waals surface area contributed by atoms with E-state index >= 15 is 0 Å². The minimum atomic E-state index is -4.42. The van der Waals surface area contributed by atoms with Crippen LogP contribution in [0.3, 0.4) is 0 Å². The Morgan fingerprint density at radius 3 is 2.17 bits per heavy atom. The smallest absolute Gasteiger partial charge is 0.351 e. The van der Waals surface area contributed by atoms with Gasteiger partial charge in [0.25, 0.3) is 0 Å². The number of nitrogens with two attached hydrogens (primary N) is 1. The monoisotopic (exact) mass is 404 g/mol. The lowest BCUT2D eigenvalue weighted by atomic mass is 9.61. The van der Waals surface area contributed by atoms with Gasteiger partial charge in [0, 0.05) is 6.54 Å². The molecule has 0 fully saturated rings. The summed E-state index contributed by atoms with van der Waals surface area (Å²) in [7, 11) is 0. The maximum Gasteiger partial charge on any atom is 0.416 e. The number of urea groups is 1. The van der Waals surface area contributed by atoms with Gasteiger partial charge < -0.3 is 10.6 Å². The topological polar surface area (TPSA) is 46.3 Å². The molecule has 3 rings (SSSR count). The van der Waals surface area contributed by atoms with Crippen molar-refractivity contribution in [2.45, 2.75) is 45.8 Å². The number of amides is 2. The molecule has 2 N–H and O–H groups in total. The summed E-state index contributed by atoms with van der Waals surface area (Å²) in [4.78, 5) is 14.2. The number of nitrogens with zero attached hydrogens (tertiary/aromatic N) is 1. The van der Waals surface area contributed by atoms with E-state index in [0.29, 0.717) is 18.5 Å². The summed E-state index contributed by atoms with van der Waals surface area (Å²) in [6.07, 6.45) is -3.77. The van der Waals surface area contributed by atoms with Crippen molar-refractivity contribution in [1.29, 1.82) is 0 Å². The molecular formula is C23H27F3N2O. The Labute approximate surface area is 169 Å². The van der Waals surface area contributed by atoms with E-state index in [0.717, 1.165) is 23.3 Å². The molecule has 1 unspecified atom stereocenters. The zero-order chi connectivity index (χ0) is 21.6. The van der Waals surface area contributed by atoms with E-state index in [4.69, 9.17) is 5.73 Å². The Hall–Kier alpha value is -2.50. The first kappa shape index (κ1) is 21.2. The van der Waals surface area contributed by atoms with E-state index in [9.17, 15) is 18.0 Å². The normalized spacial score (nSPS) is 20.9. The summed E-state index contributed by atoms with van der Waals surface area (Å²) in [5, 5.41) is 0. The summed E-state index contributed by atoms with van der Waals surface area (Å²) < 4.78 is 39.5. The van der Waals surface area contributed by atoms with Crippen molar-refractivity contribution >= 4 is 6.03 Å². The minimum absolute atomic E-state index is 0.124. The molecule has 0 bridgehead atoms. The van der Waals surface area contributed by atoms with Gasteiger partial charge in [-0.15, -0.1) is 0 Å². The van der Waals surface area contributed by atoms with Crippen LogP contribution in [0.1, 0.15) is 49.9 Å². The lowest BCUT2D eigenvalue weighted by molar-refractivity contribution is -0.137.